The van der Waals surface area contributed by atoms with Crippen LogP contribution < -0.4 is 5.32 Å². The molecule has 2 atom stereocenters. The number of ether oxygens (including phenoxy) is 1. The molecule has 0 spiro atoms. The molecule has 92 valence electrons. The summed E-state index contributed by atoms with van der Waals surface area (Å²) in [6.07, 6.45) is 0.561. The largest absolute Gasteiger partial charge is 0.528 e. The number of carbonyl (C=O) groups excluding carboxylic acids is 1. The van der Waals surface area contributed by atoms with Gasteiger partial charge in [-0.05, 0) is 39.7 Å². The van der Waals surface area contributed by atoms with Gasteiger partial charge in [-0.3, -0.25) is 0 Å². The van der Waals surface area contributed by atoms with Gasteiger partial charge >= 0.3 is 6.16 Å². The van der Waals surface area contributed by atoms with Crippen molar-refractivity contribution in [2.24, 2.45) is 5.92 Å². The molecule has 0 aromatic heterocycles. The van der Waals surface area contributed by atoms with Crippen LogP contribution in [0.3, 0.4) is 0 Å². The Morgan fingerprint density at radius 3 is 2.75 bits per heavy atom. The molecule has 2 aliphatic heterocycles. The monoisotopic (exact) mass is 228 g/mol. The molecular weight excluding hydrogens is 208 g/mol. The summed E-state index contributed by atoms with van der Waals surface area (Å²) < 4.78 is 5.10. The van der Waals surface area contributed by atoms with Crippen LogP contribution in [0.25, 0.3) is 0 Å². The number of hydrogen-bond acceptors (Lipinski definition) is 5. The van der Waals surface area contributed by atoms with Crippen LogP contribution in [0.1, 0.15) is 27.2 Å². The molecule has 0 amide bonds. The molecule has 2 rings (SSSR count). The normalized spacial score (nSPS) is 30.2. The van der Waals surface area contributed by atoms with E-state index in [1.807, 2.05) is 20.8 Å². The van der Waals surface area contributed by atoms with Crippen LogP contribution in [0.5, 0.6) is 0 Å². The van der Waals surface area contributed by atoms with Gasteiger partial charge in [0.05, 0.1) is 6.54 Å². The summed E-state index contributed by atoms with van der Waals surface area (Å²) in [6, 6.07) is 0.474. The number of hydroxylamine groups is 2. The van der Waals surface area contributed by atoms with Gasteiger partial charge in [0.1, 0.15) is 5.60 Å². The van der Waals surface area contributed by atoms with Gasteiger partial charge in [-0.2, -0.15) is 0 Å². The van der Waals surface area contributed by atoms with E-state index in [1.165, 1.54) is 6.42 Å². The van der Waals surface area contributed by atoms with Crippen molar-refractivity contribution in [1.82, 2.24) is 10.4 Å². The Balaban J connectivity index is 1.77. The van der Waals surface area contributed by atoms with Crippen LogP contribution >= 0.6 is 0 Å². The lowest BCUT2D eigenvalue weighted by Crippen LogP contribution is -2.34. The maximum Gasteiger partial charge on any atom is 0.528 e. The van der Waals surface area contributed by atoms with Crippen LogP contribution in [0, 0.1) is 5.92 Å². The predicted octanol–water partition coefficient (Wildman–Crippen LogP) is 1.15. The third-order valence-corrected chi connectivity index (χ3v) is 2.92. The first kappa shape index (κ1) is 11.7. The molecule has 2 saturated heterocycles. The summed E-state index contributed by atoms with van der Waals surface area (Å²) in [7, 11) is 0. The van der Waals surface area contributed by atoms with Crippen LogP contribution in [-0.4, -0.2) is 42.5 Å². The van der Waals surface area contributed by atoms with Gasteiger partial charge in [0.2, 0.25) is 0 Å². The standard InChI is InChI=1S/C11H20N2O3/c1-11(2,3)15-10(14)16-13-6-8-4-5-12-9(8)7-13/h8-9,12H,4-7H2,1-3H3/t8-,9+/m0/s1. The molecular formula is C11H20N2O3. The highest BCUT2D eigenvalue weighted by atomic mass is 16.8. The lowest BCUT2D eigenvalue weighted by Gasteiger charge is -2.21. The quantitative estimate of drug-likeness (QED) is 0.682. The fourth-order valence-corrected chi connectivity index (χ4v) is 2.26. The first-order chi connectivity index (χ1) is 7.44. The second-order valence-electron chi connectivity index (χ2n) is 5.51. The van der Waals surface area contributed by atoms with Gasteiger partial charge in [0.15, 0.2) is 0 Å². The molecule has 0 radical (unpaired) electrons. The summed E-state index contributed by atoms with van der Waals surface area (Å²) in [6.45, 7) is 8.15. The topological polar surface area (TPSA) is 50.8 Å². The zero-order valence-corrected chi connectivity index (χ0v) is 10.2. The van der Waals surface area contributed by atoms with Crippen molar-refractivity contribution in [2.75, 3.05) is 19.6 Å². The minimum Gasteiger partial charge on any atom is -0.427 e. The molecule has 0 unspecified atom stereocenters. The predicted molar refractivity (Wildman–Crippen MR) is 58.8 cm³/mol. The van der Waals surface area contributed by atoms with E-state index in [-0.39, 0.29) is 0 Å². The van der Waals surface area contributed by atoms with E-state index in [9.17, 15) is 4.79 Å². The SMILES string of the molecule is CC(C)(C)OC(=O)ON1C[C@@H]2CCN[C@@H]2C1. The van der Waals surface area contributed by atoms with Crippen molar-refractivity contribution < 1.29 is 14.4 Å². The zero-order valence-electron chi connectivity index (χ0n) is 10.2. The van der Waals surface area contributed by atoms with Crippen molar-refractivity contribution in [3.8, 4) is 0 Å². The van der Waals surface area contributed by atoms with Gasteiger partial charge < -0.3 is 14.9 Å². The van der Waals surface area contributed by atoms with Crippen LogP contribution in [0.15, 0.2) is 0 Å². The fourth-order valence-electron chi connectivity index (χ4n) is 2.26. The number of nitrogens with zero attached hydrogens (tertiary/aromatic N) is 1. The van der Waals surface area contributed by atoms with Gasteiger partial charge in [0, 0.05) is 12.6 Å². The van der Waals surface area contributed by atoms with Crippen molar-refractivity contribution in [2.45, 2.75) is 38.8 Å². The van der Waals surface area contributed by atoms with E-state index in [1.54, 1.807) is 5.06 Å². The van der Waals surface area contributed by atoms with Crippen molar-refractivity contribution in [1.29, 1.82) is 0 Å². The summed E-state index contributed by atoms with van der Waals surface area (Å²) in [5.74, 6) is 0.613. The molecule has 0 aromatic carbocycles. The van der Waals surface area contributed by atoms with Crippen molar-refractivity contribution >= 4 is 6.16 Å². The summed E-state index contributed by atoms with van der Waals surface area (Å²) >= 11 is 0. The van der Waals surface area contributed by atoms with Gasteiger partial charge in [0.25, 0.3) is 0 Å². The minimum absolute atomic E-state index is 0.474. The molecule has 0 aromatic rings. The molecule has 0 aliphatic carbocycles. The number of hydrogen-bond donors (Lipinski definition) is 1. The van der Waals surface area contributed by atoms with Crippen LogP contribution in [-0.2, 0) is 9.57 Å². The average molecular weight is 228 g/mol. The van der Waals surface area contributed by atoms with E-state index < -0.39 is 11.8 Å². The molecule has 5 nitrogen and oxygen atoms in total. The summed E-state index contributed by atoms with van der Waals surface area (Å²) in [5, 5.41) is 5.10. The molecule has 2 aliphatic rings. The second-order valence-corrected chi connectivity index (χ2v) is 5.51. The third-order valence-electron chi connectivity index (χ3n) is 2.92. The molecule has 0 bridgehead atoms. The number of rotatable bonds is 1. The van der Waals surface area contributed by atoms with Gasteiger partial charge in [-0.15, -0.1) is 5.06 Å². The lowest BCUT2D eigenvalue weighted by atomic mass is 10.1. The molecule has 16 heavy (non-hydrogen) atoms. The molecule has 5 heteroatoms. The Kier molecular flexibility index (Phi) is 3.08. The Bertz CT molecular complexity index is 263. The van der Waals surface area contributed by atoms with E-state index in [0.29, 0.717) is 12.0 Å². The molecule has 0 saturated carbocycles. The number of fused-ring (bicyclic) bond motifs is 1. The van der Waals surface area contributed by atoms with Crippen molar-refractivity contribution in [3.63, 3.8) is 0 Å². The average Bonchev–Trinajstić information content (AvgIpc) is 2.58. The lowest BCUT2D eigenvalue weighted by molar-refractivity contribution is -0.132. The van der Waals surface area contributed by atoms with Crippen LogP contribution in [0.2, 0.25) is 0 Å². The molecule has 2 heterocycles. The highest BCUT2D eigenvalue weighted by molar-refractivity contribution is 5.60. The van der Waals surface area contributed by atoms with Gasteiger partial charge in [-0.25, -0.2) is 4.79 Å². The Hall–Kier alpha value is -0.810. The van der Waals surface area contributed by atoms with E-state index in [4.69, 9.17) is 9.57 Å². The molecule has 2 fully saturated rings. The smallest absolute Gasteiger partial charge is 0.427 e. The third kappa shape index (κ3) is 2.86. The van der Waals surface area contributed by atoms with Crippen LogP contribution in [0.4, 0.5) is 4.79 Å². The first-order valence-corrected chi connectivity index (χ1v) is 5.83. The highest BCUT2D eigenvalue weighted by Gasteiger charge is 2.38. The maximum absolute atomic E-state index is 11.4. The summed E-state index contributed by atoms with van der Waals surface area (Å²) in [4.78, 5) is 16.6. The summed E-state index contributed by atoms with van der Waals surface area (Å²) in [5.41, 5.74) is -0.495. The Labute approximate surface area is 96.0 Å². The molecule has 1 N–H and O–H groups in total. The maximum atomic E-state index is 11.4. The number of nitrogens with one attached hydrogen (secondary N) is 1. The fraction of sp³-hybridized carbons (Fsp3) is 0.909. The van der Waals surface area contributed by atoms with E-state index in [0.717, 1.165) is 19.6 Å². The second kappa shape index (κ2) is 4.22. The van der Waals surface area contributed by atoms with E-state index in [2.05, 4.69) is 5.32 Å². The van der Waals surface area contributed by atoms with E-state index >= 15 is 0 Å². The number of carbonyl (C=O) groups is 1. The Morgan fingerprint density at radius 2 is 2.12 bits per heavy atom. The van der Waals surface area contributed by atoms with Gasteiger partial charge in [-0.1, -0.05) is 0 Å². The minimum atomic E-state index is -0.604. The van der Waals surface area contributed by atoms with Crippen molar-refractivity contribution in [3.05, 3.63) is 0 Å². The Morgan fingerprint density at radius 1 is 1.38 bits per heavy atom. The first-order valence-electron chi connectivity index (χ1n) is 5.83. The zero-order chi connectivity index (χ0) is 11.8. The highest BCUT2D eigenvalue weighted by Crippen LogP contribution is 2.25.